The normalized spacial score (nSPS) is 13.4. The van der Waals surface area contributed by atoms with Gasteiger partial charge in [-0.05, 0) is 62.4 Å². The first-order valence-corrected chi connectivity index (χ1v) is 14.9. The highest BCUT2D eigenvalue weighted by Gasteiger charge is 2.34. The molecule has 0 N–H and O–H groups in total. The summed E-state index contributed by atoms with van der Waals surface area (Å²) < 4.78 is 0. The molecule has 0 saturated carbocycles. The van der Waals surface area contributed by atoms with E-state index in [1.165, 1.54) is 19.5 Å². The minimum Gasteiger partial charge on any atom is -0.289 e. The minimum atomic E-state index is 0.0520. The molecule has 2 nitrogen and oxygen atoms in total. The molecule has 8 rings (SSSR count). The molecule has 4 aromatic heterocycles. The second kappa shape index (κ2) is 7.20. The molecular formula is C30H16O2S4. The van der Waals surface area contributed by atoms with Gasteiger partial charge in [0.15, 0.2) is 11.6 Å². The summed E-state index contributed by atoms with van der Waals surface area (Å²) in [6.07, 6.45) is 0. The molecule has 0 radical (unpaired) electrons. The first-order chi connectivity index (χ1) is 17.5. The largest absolute Gasteiger partial charge is 0.289 e. The molecule has 6 heteroatoms. The molecule has 4 heterocycles. The van der Waals surface area contributed by atoms with Crippen LogP contribution in [0.1, 0.15) is 41.6 Å². The summed E-state index contributed by atoms with van der Waals surface area (Å²) in [5.74, 6) is 0.104. The molecule has 172 valence electrons. The maximum Gasteiger partial charge on any atom is 0.195 e. The Balaban J connectivity index is 1.39. The zero-order valence-corrected chi connectivity index (χ0v) is 22.5. The Labute approximate surface area is 223 Å². The van der Waals surface area contributed by atoms with Crippen LogP contribution in [0.4, 0.5) is 0 Å². The summed E-state index contributed by atoms with van der Waals surface area (Å²) in [7, 11) is 0. The van der Waals surface area contributed by atoms with Gasteiger partial charge in [-0.2, -0.15) is 0 Å². The fourth-order valence-electron chi connectivity index (χ4n) is 5.44. The molecule has 0 aliphatic heterocycles. The Kier molecular flexibility index (Phi) is 4.20. The van der Waals surface area contributed by atoms with Crippen molar-refractivity contribution < 1.29 is 9.59 Å². The molecule has 0 atom stereocenters. The molecule has 0 unspecified atom stereocenters. The van der Waals surface area contributed by atoms with E-state index < -0.39 is 0 Å². The Hall–Kier alpha value is -3.16. The number of aryl methyl sites for hydroxylation is 2. The van der Waals surface area contributed by atoms with Crippen molar-refractivity contribution in [2.24, 2.45) is 0 Å². The van der Waals surface area contributed by atoms with Gasteiger partial charge in [-0.25, -0.2) is 0 Å². The minimum absolute atomic E-state index is 0.0520. The van der Waals surface area contributed by atoms with Crippen LogP contribution in [0.15, 0.2) is 60.7 Å². The number of ketones is 2. The van der Waals surface area contributed by atoms with E-state index in [4.69, 9.17) is 0 Å². The highest BCUT2D eigenvalue weighted by Crippen LogP contribution is 2.53. The van der Waals surface area contributed by atoms with Crippen LogP contribution < -0.4 is 0 Å². The maximum absolute atomic E-state index is 13.7. The Morgan fingerprint density at radius 3 is 1.25 bits per heavy atom. The van der Waals surface area contributed by atoms with E-state index in [-0.39, 0.29) is 11.6 Å². The van der Waals surface area contributed by atoms with Crippen LogP contribution >= 0.6 is 45.3 Å². The number of rotatable bonds is 2. The lowest BCUT2D eigenvalue weighted by molar-refractivity contribution is 0.103. The molecule has 2 aliphatic rings. The average Bonchev–Trinajstić information content (AvgIpc) is 3.66. The van der Waals surface area contributed by atoms with Crippen molar-refractivity contribution >= 4 is 67.7 Å². The predicted molar refractivity (Wildman–Crippen MR) is 154 cm³/mol. The highest BCUT2D eigenvalue weighted by atomic mass is 32.1. The molecule has 6 aromatic rings. The lowest BCUT2D eigenvalue weighted by Crippen LogP contribution is -2.13. The number of carbonyl (C=O) groups is 2. The van der Waals surface area contributed by atoms with Crippen LogP contribution in [0.3, 0.4) is 0 Å². The number of hydrogen-bond acceptors (Lipinski definition) is 6. The van der Waals surface area contributed by atoms with E-state index in [1.807, 2.05) is 24.3 Å². The quantitative estimate of drug-likeness (QED) is 0.220. The molecular weight excluding hydrogens is 521 g/mol. The van der Waals surface area contributed by atoms with E-state index in [0.717, 1.165) is 52.5 Å². The van der Waals surface area contributed by atoms with Crippen molar-refractivity contribution in [1.82, 2.24) is 0 Å². The topological polar surface area (TPSA) is 34.1 Å². The van der Waals surface area contributed by atoms with Gasteiger partial charge in [0.05, 0.1) is 0 Å². The van der Waals surface area contributed by atoms with Gasteiger partial charge in [-0.15, -0.1) is 45.3 Å². The lowest BCUT2D eigenvalue weighted by Gasteiger charge is -2.23. The second-order valence-electron chi connectivity index (χ2n) is 9.26. The zero-order valence-electron chi connectivity index (χ0n) is 19.2. The first-order valence-electron chi connectivity index (χ1n) is 11.6. The molecule has 2 aliphatic carbocycles. The third kappa shape index (κ3) is 2.70. The van der Waals surface area contributed by atoms with E-state index >= 15 is 0 Å². The van der Waals surface area contributed by atoms with E-state index in [1.54, 1.807) is 45.3 Å². The van der Waals surface area contributed by atoms with Crippen LogP contribution in [-0.4, -0.2) is 11.6 Å². The number of carbonyl (C=O) groups excluding carboxylic acids is 2. The molecule has 2 aromatic carbocycles. The molecule has 0 bridgehead atoms. The van der Waals surface area contributed by atoms with Gasteiger partial charge in [0.25, 0.3) is 0 Å². The van der Waals surface area contributed by atoms with Gasteiger partial charge in [0.1, 0.15) is 0 Å². The average molecular weight is 537 g/mol. The van der Waals surface area contributed by atoms with Crippen molar-refractivity contribution in [1.29, 1.82) is 0 Å². The predicted octanol–water partition coefficient (Wildman–Crippen LogP) is 9.46. The van der Waals surface area contributed by atoms with Crippen LogP contribution in [-0.2, 0) is 0 Å². The van der Waals surface area contributed by atoms with Gasteiger partial charge in [-0.3, -0.25) is 9.59 Å². The van der Waals surface area contributed by atoms with Crippen LogP contribution in [0.5, 0.6) is 0 Å². The van der Waals surface area contributed by atoms with E-state index in [9.17, 15) is 9.59 Å². The number of fused-ring (bicyclic) bond motifs is 4. The van der Waals surface area contributed by atoms with Crippen molar-refractivity contribution in [3.63, 3.8) is 0 Å². The van der Waals surface area contributed by atoms with Crippen LogP contribution in [0.25, 0.3) is 51.2 Å². The fourth-order valence-corrected chi connectivity index (χ4v) is 9.71. The van der Waals surface area contributed by atoms with Gasteiger partial charge >= 0.3 is 0 Å². The summed E-state index contributed by atoms with van der Waals surface area (Å²) in [4.78, 5) is 36.6. The molecule has 36 heavy (non-hydrogen) atoms. The smallest absolute Gasteiger partial charge is 0.195 e. The zero-order chi connectivity index (χ0) is 24.3. The standard InChI is InChI=1S/C30H16O2S4/c1-13-3-9-21(33-13)23-11-19-27(31)15-6-8-18-26-16(5-7-17(25(15)26)29(19)35-23)28(32)20-12-24(36-30(18)20)22-10-4-14(2)34-22/h3-12H,1-2H3. The van der Waals surface area contributed by atoms with E-state index in [2.05, 4.69) is 50.2 Å². The van der Waals surface area contributed by atoms with Crippen molar-refractivity contribution in [2.75, 3.05) is 0 Å². The molecule has 0 spiro atoms. The number of benzene rings is 2. The Morgan fingerprint density at radius 2 is 0.861 bits per heavy atom. The molecule has 0 amide bonds. The second-order valence-corrected chi connectivity index (χ2v) is 13.9. The fraction of sp³-hybridized carbons (Fsp3) is 0.0667. The monoisotopic (exact) mass is 536 g/mol. The van der Waals surface area contributed by atoms with Gasteiger partial charge in [-0.1, -0.05) is 12.1 Å². The van der Waals surface area contributed by atoms with Crippen LogP contribution in [0, 0.1) is 13.8 Å². The van der Waals surface area contributed by atoms with Gasteiger partial charge in [0.2, 0.25) is 0 Å². The summed E-state index contributed by atoms with van der Waals surface area (Å²) in [6, 6.07) is 20.6. The van der Waals surface area contributed by atoms with Crippen molar-refractivity contribution in [3.8, 4) is 40.4 Å². The third-order valence-electron chi connectivity index (χ3n) is 7.06. The summed E-state index contributed by atoms with van der Waals surface area (Å²) in [6.45, 7) is 4.21. The Bertz CT molecular complexity index is 1810. The summed E-state index contributed by atoms with van der Waals surface area (Å²) in [5, 5.41) is 1.86. The number of thiophene rings is 4. The Morgan fingerprint density at radius 1 is 0.444 bits per heavy atom. The first kappa shape index (κ1) is 21.0. The lowest BCUT2D eigenvalue weighted by atomic mass is 9.80. The van der Waals surface area contributed by atoms with Gasteiger partial charge in [0, 0.05) is 83.2 Å². The third-order valence-corrected chi connectivity index (χ3v) is 11.8. The number of hydrogen-bond donors (Lipinski definition) is 0. The van der Waals surface area contributed by atoms with Gasteiger partial charge < -0.3 is 0 Å². The van der Waals surface area contributed by atoms with E-state index in [0.29, 0.717) is 11.1 Å². The SMILES string of the molecule is Cc1ccc(-c2cc3c(s2)-c2ccc4c5c(ccc(c25)C3=O)-c2sc(-c3ccc(C)s3)cc2C4=O)s1. The highest BCUT2D eigenvalue weighted by molar-refractivity contribution is 7.25. The summed E-state index contributed by atoms with van der Waals surface area (Å²) >= 11 is 6.86. The molecule has 0 fully saturated rings. The maximum atomic E-state index is 13.7. The summed E-state index contributed by atoms with van der Waals surface area (Å²) in [5.41, 5.74) is 5.06. The van der Waals surface area contributed by atoms with Crippen molar-refractivity contribution in [2.45, 2.75) is 13.8 Å². The van der Waals surface area contributed by atoms with Crippen molar-refractivity contribution in [3.05, 3.63) is 92.7 Å². The molecule has 0 saturated heterocycles. The van der Waals surface area contributed by atoms with Crippen LogP contribution in [0.2, 0.25) is 0 Å².